The van der Waals surface area contributed by atoms with Crippen LogP contribution in [0.4, 0.5) is 0 Å². The summed E-state index contributed by atoms with van der Waals surface area (Å²) in [6, 6.07) is 12.7. The van der Waals surface area contributed by atoms with E-state index in [1.165, 1.54) is 43.9 Å². The predicted octanol–water partition coefficient (Wildman–Crippen LogP) is 2.38. The topological polar surface area (TPSA) is 81.7 Å². The number of aliphatic carboxylic acids is 1. The third-order valence-corrected chi connectivity index (χ3v) is 7.95. The van der Waals surface area contributed by atoms with Crippen LogP contribution in [0.1, 0.15) is 79.8 Å². The summed E-state index contributed by atoms with van der Waals surface area (Å²) in [5, 5.41) is 16.4. The van der Waals surface area contributed by atoms with Crippen LogP contribution in [0.25, 0.3) is 11.1 Å². The fourth-order valence-electron chi connectivity index (χ4n) is 5.00. The second kappa shape index (κ2) is 17.8. The molecule has 2 aromatic rings. The molecule has 39 heavy (non-hydrogen) atoms. The summed E-state index contributed by atoms with van der Waals surface area (Å²) in [6.07, 6.45) is 10.8. The average Bonchev–Trinajstić information content (AvgIpc) is 2.93. The molecule has 1 amide bonds. The number of aryl methyl sites for hydroxylation is 1. The molecule has 6 nitrogen and oxygen atoms in total. The first kappa shape index (κ1) is 33.5. The quantitative estimate of drug-likeness (QED) is 0.273. The van der Waals surface area contributed by atoms with Gasteiger partial charge in [0.2, 0.25) is 0 Å². The van der Waals surface area contributed by atoms with Crippen LogP contribution in [0.15, 0.2) is 42.5 Å². The van der Waals surface area contributed by atoms with Gasteiger partial charge in [0.25, 0.3) is 5.91 Å². The number of carboxylic acid groups (broad SMARTS) is 1. The van der Waals surface area contributed by atoms with E-state index in [-0.39, 0.29) is 18.9 Å². The van der Waals surface area contributed by atoms with E-state index in [2.05, 4.69) is 23.4 Å². The van der Waals surface area contributed by atoms with Crippen molar-refractivity contribution in [3.05, 3.63) is 59.2 Å². The zero-order valence-electron chi connectivity index (χ0n) is 24.2. The van der Waals surface area contributed by atoms with Crippen LogP contribution in [-0.4, -0.2) is 48.1 Å². The number of carboxylic acids is 1. The number of rotatable bonds is 15. The Bertz CT molecular complexity index is 1040. The zero-order chi connectivity index (χ0) is 27.3. The molecule has 0 bridgehead atoms. The first-order valence-corrected chi connectivity index (χ1v) is 15.4. The Kier molecular flexibility index (Phi) is 15.3. The minimum atomic E-state index is -1.26. The fraction of sp³-hybridized carbons (Fsp3) is 0.548. The number of hydrogen-bond donors (Lipinski definition) is 1. The van der Waals surface area contributed by atoms with Crippen molar-refractivity contribution in [1.29, 1.82) is 0 Å². The molecule has 1 aliphatic rings. The van der Waals surface area contributed by atoms with Crippen molar-refractivity contribution in [2.24, 2.45) is 5.92 Å². The molecule has 0 spiro atoms. The number of hydroxylamine groups is 2. The predicted molar refractivity (Wildman–Crippen MR) is 154 cm³/mol. The number of unbranched alkanes of at least 4 members (excludes halogenated alkanes) is 1. The molecule has 1 fully saturated rings. The number of hydrogen-bond acceptors (Lipinski definition) is 6. The van der Waals surface area contributed by atoms with Crippen molar-refractivity contribution in [1.82, 2.24) is 10.4 Å². The second-order valence-corrected chi connectivity index (χ2v) is 11.3. The zero-order valence-corrected chi connectivity index (χ0v) is 25.0. The number of benzene rings is 2. The minimum absolute atomic E-state index is 0. The third kappa shape index (κ3) is 10.6. The summed E-state index contributed by atoms with van der Waals surface area (Å²) in [7, 11) is 0. The van der Waals surface area contributed by atoms with E-state index in [0.717, 1.165) is 48.2 Å². The maximum atomic E-state index is 13.3. The summed E-state index contributed by atoms with van der Waals surface area (Å²) < 4.78 is 0. The van der Waals surface area contributed by atoms with Crippen molar-refractivity contribution >= 4 is 23.6 Å². The maximum absolute atomic E-state index is 13.3. The van der Waals surface area contributed by atoms with Crippen LogP contribution in [0, 0.1) is 12.8 Å². The van der Waals surface area contributed by atoms with Crippen molar-refractivity contribution < 1.29 is 38.4 Å². The van der Waals surface area contributed by atoms with Crippen LogP contribution in [0.2, 0.25) is 0 Å². The summed E-state index contributed by atoms with van der Waals surface area (Å²) in [5.41, 5.74) is 4.31. The van der Waals surface area contributed by atoms with E-state index >= 15 is 0 Å². The molecule has 0 aromatic heterocycles. The van der Waals surface area contributed by atoms with Gasteiger partial charge in [-0.15, -0.1) is 0 Å². The molecule has 1 aliphatic carbocycles. The molecule has 0 saturated heterocycles. The van der Waals surface area contributed by atoms with Gasteiger partial charge >= 0.3 is 18.9 Å². The molecular weight excluding hydrogens is 503 g/mol. The van der Waals surface area contributed by atoms with Crippen LogP contribution in [0.5, 0.6) is 0 Å². The molecule has 8 heteroatoms. The van der Waals surface area contributed by atoms with Gasteiger partial charge in [0, 0.05) is 18.7 Å². The largest absolute Gasteiger partial charge is 1.00 e. The minimum Gasteiger partial charge on any atom is -0.548 e. The molecule has 0 aliphatic heterocycles. The van der Waals surface area contributed by atoms with Gasteiger partial charge < -0.3 is 15.2 Å². The van der Waals surface area contributed by atoms with Gasteiger partial charge in [0.05, 0.1) is 18.6 Å². The molecule has 3 rings (SSSR count). The molecule has 1 atom stereocenters. The maximum Gasteiger partial charge on any atom is 1.00 e. The van der Waals surface area contributed by atoms with Crippen LogP contribution >= 0.6 is 11.8 Å². The number of amides is 1. The normalized spacial score (nSPS) is 14.6. The van der Waals surface area contributed by atoms with Gasteiger partial charge in [-0.05, 0) is 84.9 Å². The Hall–Kier alpha value is -1.75. The number of carbonyl (C=O) groups excluding carboxylic acids is 2. The van der Waals surface area contributed by atoms with Crippen LogP contribution in [-0.2, 0) is 16.2 Å². The van der Waals surface area contributed by atoms with E-state index < -0.39 is 17.9 Å². The Morgan fingerprint density at radius 3 is 2.54 bits per heavy atom. The second-order valence-electron chi connectivity index (χ2n) is 10.3. The molecule has 2 aromatic carbocycles. The van der Waals surface area contributed by atoms with Gasteiger partial charge in [0.15, 0.2) is 0 Å². The van der Waals surface area contributed by atoms with E-state index in [9.17, 15) is 14.7 Å². The smallest absolute Gasteiger partial charge is 0.548 e. The van der Waals surface area contributed by atoms with Crippen molar-refractivity contribution in [3.63, 3.8) is 0 Å². The van der Waals surface area contributed by atoms with Crippen molar-refractivity contribution in [2.45, 2.75) is 77.8 Å². The average molecular weight is 547 g/mol. The molecule has 208 valence electrons. The van der Waals surface area contributed by atoms with Crippen LogP contribution in [0.3, 0.4) is 0 Å². The first-order valence-electron chi connectivity index (χ1n) is 14.0. The van der Waals surface area contributed by atoms with E-state index in [4.69, 9.17) is 4.84 Å². The molecular formula is C31H43LiN2O4S. The molecule has 0 heterocycles. The van der Waals surface area contributed by atoms with Crippen LogP contribution < -0.4 is 29.3 Å². The van der Waals surface area contributed by atoms with Crippen molar-refractivity contribution in [2.75, 3.05) is 25.2 Å². The fourth-order valence-corrected chi connectivity index (χ4v) is 5.47. The number of thioether (sulfide) groups is 1. The van der Waals surface area contributed by atoms with E-state index in [1.807, 2.05) is 49.6 Å². The van der Waals surface area contributed by atoms with Gasteiger partial charge in [-0.3, -0.25) is 9.63 Å². The molecule has 0 radical (unpaired) electrons. The molecule has 1 N–H and O–H groups in total. The summed E-state index contributed by atoms with van der Waals surface area (Å²) in [4.78, 5) is 31.3. The monoisotopic (exact) mass is 546 g/mol. The first-order chi connectivity index (χ1) is 18.4. The number of carbonyl (C=O) groups is 2. The number of nitrogens with zero attached hydrogens (tertiary/aromatic N) is 1. The number of nitrogens with one attached hydrogen (secondary N) is 1. The standard InChI is InChI=1S/C31H44N2O4S.Li/c1-4-5-18-33(37-22-24-12-7-6-8-13-24)21-25-15-16-27(28(20-25)26-14-10-9-11-23(26)2)30(34)32-29(31(35)36)17-19-38-3;/h9-11,14-16,20,24,29H,4-8,12-13,17-19,21-22H2,1-3H3,(H,32,34)(H,35,36);/q;+1/p-1/t29-;/m0./s1. The van der Waals surface area contributed by atoms with E-state index in [0.29, 0.717) is 30.2 Å². The van der Waals surface area contributed by atoms with Gasteiger partial charge in [0.1, 0.15) is 0 Å². The Labute approximate surface area is 250 Å². The van der Waals surface area contributed by atoms with E-state index in [1.54, 1.807) is 0 Å². The Morgan fingerprint density at radius 2 is 1.87 bits per heavy atom. The summed E-state index contributed by atoms with van der Waals surface area (Å²) in [6.45, 7) is 6.45. The third-order valence-electron chi connectivity index (χ3n) is 7.30. The summed E-state index contributed by atoms with van der Waals surface area (Å²) in [5.74, 6) is -0.411. The SMILES string of the molecule is CCCCN(Cc1ccc(C(=O)N[C@@H](CCSC)C(=O)[O-])c(-c2ccccc2C)c1)OCC1CCCCC1.[Li+]. The molecule has 0 unspecified atom stereocenters. The Balaban J connectivity index is 0.00000533. The summed E-state index contributed by atoms with van der Waals surface area (Å²) >= 11 is 1.54. The van der Waals surface area contributed by atoms with Crippen molar-refractivity contribution in [3.8, 4) is 11.1 Å². The van der Waals surface area contributed by atoms with Gasteiger partial charge in [-0.2, -0.15) is 16.8 Å². The Morgan fingerprint density at radius 1 is 1.13 bits per heavy atom. The molecule has 1 saturated carbocycles. The van der Waals surface area contributed by atoms with Gasteiger partial charge in [-0.1, -0.05) is 62.9 Å². The van der Waals surface area contributed by atoms with Gasteiger partial charge in [-0.25, -0.2) is 0 Å².